The Bertz CT molecular complexity index is 978. The van der Waals surface area contributed by atoms with Crippen LogP contribution in [0.25, 0.3) is 10.9 Å². The first-order valence-electron chi connectivity index (χ1n) is 8.24. The fraction of sp³-hybridized carbons (Fsp3) is 0.278. The Morgan fingerprint density at radius 1 is 1.36 bits per heavy atom. The van der Waals surface area contributed by atoms with E-state index in [0.29, 0.717) is 24.0 Å². The van der Waals surface area contributed by atoms with Crippen LogP contribution in [0.4, 0.5) is 0 Å². The van der Waals surface area contributed by atoms with Crippen molar-refractivity contribution in [1.29, 1.82) is 0 Å². The number of hydrogen-bond acceptors (Lipinski definition) is 4. The van der Waals surface area contributed by atoms with Gasteiger partial charge in [0.15, 0.2) is 5.16 Å². The van der Waals surface area contributed by atoms with Gasteiger partial charge < -0.3 is 10.3 Å². The minimum Gasteiger partial charge on any atom is -0.361 e. The van der Waals surface area contributed by atoms with E-state index in [9.17, 15) is 9.59 Å². The molecule has 4 rings (SSSR count). The number of aromatic nitrogens is 3. The number of nitrogens with one attached hydrogen (secondary N) is 2. The van der Waals surface area contributed by atoms with Crippen molar-refractivity contribution in [2.75, 3.05) is 12.3 Å². The van der Waals surface area contributed by atoms with Crippen molar-refractivity contribution in [2.24, 2.45) is 5.92 Å². The third kappa shape index (κ3) is 3.19. The highest BCUT2D eigenvalue weighted by atomic mass is 32.2. The summed E-state index contributed by atoms with van der Waals surface area (Å²) < 4.78 is 1.58. The minimum atomic E-state index is -0.206. The predicted octanol–water partition coefficient (Wildman–Crippen LogP) is 1.81. The quantitative estimate of drug-likeness (QED) is 0.700. The van der Waals surface area contributed by atoms with Gasteiger partial charge in [0.05, 0.1) is 5.92 Å². The summed E-state index contributed by atoms with van der Waals surface area (Å²) in [5.41, 5.74) is 2.20. The van der Waals surface area contributed by atoms with E-state index < -0.39 is 0 Å². The maximum atomic E-state index is 12.4. The lowest BCUT2D eigenvalue weighted by Crippen LogP contribution is -2.40. The molecule has 0 bridgehead atoms. The summed E-state index contributed by atoms with van der Waals surface area (Å²) in [5, 5.41) is 4.89. The van der Waals surface area contributed by atoms with Crippen LogP contribution >= 0.6 is 11.8 Å². The highest BCUT2D eigenvalue weighted by molar-refractivity contribution is 7.99. The molecular formula is C18H18N4O2S. The topological polar surface area (TPSA) is 79.8 Å². The van der Waals surface area contributed by atoms with Gasteiger partial charge in [-0.3, -0.25) is 14.2 Å². The van der Waals surface area contributed by atoms with Crippen LogP contribution < -0.4 is 10.9 Å². The lowest BCUT2D eigenvalue weighted by atomic mass is 10.1. The molecule has 1 atom stereocenters. The monoisotopic (exact) mass is 354 g/mol. The third-order valence-corrected chi connectivity index (χ3v) is 5.61. The van der Waals surface area contributed by atoms with Crippen LogP contribution in [0.1, 0.15) is 5.56 Å². The van der Waals surface area contributed by atoms with Gasteiger partial charge in [-0.25, -0.2) is 4.98 Å². The average molecular weight is 354 g/mol. The molecule has 0 radical (unpaired) electrons. The van der Waals surface area contributed by atoms with Crippen molar-refractivity contribution < 1.29 is 4.79 Å². The van der Waals surface area contributed by atoms with E-state index in [-0.39, 0.29) is 17.4 Å². The summed E-state index contributed by atoms with van der Waals surface area (Å²) in [7, 11) is 0. The molecule has 1 unspecified atom stereocenters. The van der Waals surface area contributed by atoms with Crippen LogP contribution in [0.3, 0.4) is 0 Å². The van der Waals surface area contributed by atoms with Crippen LogP contribution in [-0.4, -0.2) is 32.7 Å². The van der Waals surface area contributed by atoms with Gasteiger partial charge >= 0.3 is 0 Å². The molecule has 7 heteroatoms. The van der Waals surface area contributed by atoms with E-state index in [0.717, 1.165) is 11.9 Å². The molecule has 0 saturated carbocycles. The zero-order valence-electron chi connectivity index (χ0n) is 13.6. The summed E-state index contributed by atoms with van der Waals surface area (Å²) in [6.45, 7) is 0.977. The first-order valence-corrected chi connectivity index (χ1v) is 9.22. The van der Waals surface area contributed by atoms with Gasteiger partial charge in [-0.05, 0) is 18.1 Å². The molecule has 0 fully saturated rings. The number of thioether (sulfide) groups is 1. The molecule has 1 aliphatic rings. The Kier molecular flexibility index (Phi) is 4.31. The van der Waals surface area contributed by atoms with Gasteiger partial charge in [-0.15, -0.1) is 0 Å². The molecular weight excluding hydrogens is 336 g/mol. The SMILES string of the molecule is O=C(NCCc1c[nH]c2ccccc12)C1CSc2nccc(=O)n2C1. The predicted molar refractivity (Wildman–Crippen MR) is 97.7 cm³/mol. The van der Waals surface area contributed by atoms with Crippen molar-refractivity contribution in [3.05, 3.63) is 58.6 Å². The number of rotatable bonds is 4. The highest BCUT2D eigenvalue weighted by Crippen LogP contribution is 2.24. The first-order chi connectivity index (χ1) is 12.2. The number of carbonyl (C=O) groups is 1. The number of carbonyl (C=O) groups excluding carboxylic acids is 1. The molecule has 2 aromatic heterocycles. The van der Waals surface area contributed by atoms with Gasteiger partial charge in [0.1, 0.15) is 0 Å². The third-order valence-electron chi connectivity index (χ3n) is 4.45. The molecule has 25 heavy (non-hydrogen) atoms. The van der Waals surface area contributed by atoms with Crippen molar-refractivity contribution in [2.45, 2.75) is 18.1 Å². The number of nitrogens with zero attached hydrogens (tertiary/aromatic N) is 2. The second-order valence-electron chi connectivity index (χ2n) is 6.08. The van der Waals surface area contributed by atoms with Crippen molar-refractivity contribution in [1.82, 2.24) is 19.9 Å². The van der Waals surface area contributed by atoms with Gasteiger partial charge in [0.2, 0.25) is 5.91 Å². The zero-order valence-corrected chi connectivity index (χ0v) is 14.4. The molecule has 128 valence electrons. The molecule has 1 aromatic carbocycles. The Balaban J connectivity index is 1.37. The normalized spacial score (nSPS) is 16.6. The Hall–Kier alpha value is -2.54. The Morgan fingerprint density at radius 3 is 3.16 bits per heavy atom. The number of hydrogen-bond donors (Lipinski definition) is 2. The molecule has 6 nitrogen and oxygen atoms in total. The molecule has 2 N–H and O–H groups in total. The van der Waals surface area contributed by atoms with Crippen LogP contribution in [-0.2, 0) is 17.8 Å². The van der Waals surface area contributed by atoms with Crippen LogP contribution in [0, 0.1) is 5.92 Å². The minimum absolute atomic E-state index is 0.00579. The molecule has 0 aliphatic carbocycles. The number of aromatic amines is 1. The van der Waals surface area contributed by atoms with Crippen molar-refractivity contribution in [3.63, 3.8) is 0 Å². The van der Waals surface area contributed by atoms with Gasteiger partial charge in [-0.1, -0.05) is 30.0 Å². The maximum Gasteiger partial charge on any atom is 0.254 e. The number of amides is 1. The van der Waals surface area contributed by atoms with Gasteiger partial charge in [-0.2, -0.15) is 0 Å². The molecule has 3 heterocycles. The Labute approximate surface area is 148 Å². The fourth-order valence-electron chi connectivity index (χ4n) is 3.11. The number of fused-ring (bicyclic) bond motifs is 2. The lowest BCUT2D eigenvalue weighted by molar-refractivity contribution is -0.124. The molecule has 0 saturated heterocycles. The number of H-pyrrole nitrogens is 1. The number of para-hydroxylation sites is 1. The van der Waals surface area contributed by atoms with Gasteiger partial charge in [0, 0.05) is 48.2 Å². The lowest BCUT2D eigenvalue weighted by Gasteiger charge is -2.23. The standard InChI is InChI=1S/C18H18N4O2S/c23-16-6-8-20-18-22(16)10-13(11-25-18)17(24)19-7-5-12-9-21-15-4-2-1-3-14(12)15/h1-4,6,8-9,13,21H,5,7,10-11H2,(H,19,24). The maximum absolute atomic E-state index is 12.4. The van der Waals surface area contributed by atoms with Crippen LogP contribution in [0.2, 0.25) is 0 Å². The summed E-state index contributed by atoms with van der Waals surface area (Å²) in [4.78, 5) is 31.8. The van der Waals surface area contributed by atoms with Gasteiger partial charge in [0.25, 0.3) is 5.56 Å². The van der Waals surface area contributed by atoms with E-state index in [1.807, 2.05) is 24.4 Å². The van der Waals surface area contributed by atoms with Crippen LogP contribution in [0.5, 0.6) is 0 Å². The fourth-order valence-corrected chi connectivity index (χ4v) is 4.17. The smallest absolute Gasteiger partial charge is 0.254 e. The molecule has 0 spiro atoms. The summed E-state index contributed by atoms with van der Waals surface area (Å²) >= 11 is 1.46. The Morgan fingerprint density at radius 2 is 2.24 bits per heavy atom. The molecule has 1 aliphatic heterocycles. The molecule has 3 aromatic rings. The summed E-state index contributed by atoms with van der Waals surface area (Å²) in [6.07, 6.45) is 4.28. The zero-order chi connectivity index (χ0) is 17.2. The first kappa shape index (κ1) is 16.0. The second kappa shape index (κ2) is 6.76. The van der Waals surface area contributed by atoms with E-state index in [4.69, 9.17) is 0 Å². The molecule has 1 amide bonds. The van der Waals surface area contributed by atoms with Crippen LogP contribution in [0.15, 0.2) is 52.7 Å². The van der Waals surface area contributed by atoms with E-state index >= 15 is 0 Å². The van der Waals surface area contributed by atoms with E-state index in [1.165, 1.54) is 35.0 Å². The number of benzene rings is 1. The largest absolute Gasteiger partial charge is 0.361 e. The second-order valence-corrected chi connectivity index (χ2v) is 7.07. The van der Waals surface area contributed by atoms with E-state index in [2.05, 4.69) is 21.4 Å². The van der Waals surface area contributed by atoms with Crippen molar-refractivity contribution >= 4 is 28.6 Å². The summed E-state index contributed by atoms with van der Waals surface area (Å²) in [5.74, 6) is 0.436. The highest BCUT2D eigenvalue weighted by Gasteiger charge is 2.26. The van der Waals surface area contributed by atoms with E-state index in [1.54, 1.807) is 4.57 Å². The van der Waals surface area contributed by atoms with Crippen molar-refractivity contribution in [3.8, 4) is 0 Å². The average Bonchev–Trinajstić information content (AvgIpc) is 3.05. The summed E-state index contributed by atoms with van der Waals surface area (Å²) in [6, 6.07) is 9.57.